The number of carbonyl (C=O) groups is 1. The fraction of sp³-hybridized carbons (Fsp3) is 0.909. The van der Waals surface area contributed by atoms with Crippen molar-refractivity contribution in [3.8, 4) is 0 Å². The van der Waals surface area contributed by atoms with E-state index in [0.29, 0.717) is 6.42 Å². The van der Waals surface area contributed by atoms with E-state index in [1.165, 1.54) is 0 Å². The lowest BCUT2D eigenvalue weighted by atomic mass is 9.75. The zero-order valence-corrected chi connectivity index (χ0v) is 9.39. The lowest BCUT2D eigenvalue weighted by Crippen LogP contribution is -2.56. The van der Waals surface area contributed by atoms with E-state index in [1.807, 2.05) is 0 Å². The van der Waals surface area contributed by atoms with E-state index >= 15 is 0 Å². The normalized spacial score (nSPS) is 28.8. The maximum absolute atomic E-state index is 11.3. The highest BCUT2D eigenvalue weighted by molar-refractivity contribution is 5.79. The van der Waals surface area contributed by atoms with Gasteiger partial charge in [0.05, 0.1) is 0 Å². The summed E-state index contributed by atoms with van der Waals surface area (Å²) in [6, 6.07) is 0. The number of hydrogen-bond acceptors (Lipinski definition) is 2. The van der Waals surface area contributed by atoms with Gasteiger partial charge < -0.3 is 10.4 Å². The van der Waals surface area contributed by atoms with Crippen molar-refractivity contribution in [1.82, 2.24) is 5.32 Å². The fourth-order valence-electron chi connectivity index (χ4n) is 2.28. The third kappa shape index (κ3) is 2.71. The molecule has 0 aliphatic carbocycles. The Morgan fingerprint density at radius 1 is 1.43 bits per heavy atom. The predicted molar refractivity (Wildman–Crippen MR) is 56.3 cm³/mol. The fourth-order valence-corrected chi connectivity index (χ4v) is 2.28. The lowest BCUT2D eigenvalue weighted by Gasteiger charge is -2.39. The van der Waals surface area contributed by atoms with Crippen molar-refractivity contribution < 1.29 is 9.90 Å². The first-order valence-corrected chi connectivity index (χ1v) is 5.34. The Morgan fingerprint density at radius 2 is 2.07 bits per heavy atom. The average Bonchev–Trinajstić information content (AvgIpc) is 2.02. The SMILES string of the molecule is CC(C)(C)CC1(C(=O)O)CCCCN1. The number of piperidine rings is 1. The smallest absolute Gasteiger partial charge is 0.323 e. The van der Waals surface area contributed by atoms with E-state index in [-0.39, 0.29) is 5.41 Å². The zero-order chi connectivity index (χ0) is 10.8. The molecular formula is C11H21NO2. The van der Waals surface area contributed by atoms with Gasteiger partial charge in [-0.15, -0.1) is 0 Å². The highest BCUT2D eigenvalue weighted by atomic mass is 16.4. The van der Waals surface area contributed by atoms with Crippen LogP contribution in [0.2, 0.25) is 0 Å². The van der Waals surface area contributed by atoms with Crippen LogP contribution >= 0.6 is 0 Å². The first-order valence-electron chi connectivity index (χ1n) is 5.34. The average molecular weight is 199 g/mol. The van der Waals surface area contributed by atoms with Gasteiger partial charge >= 0.3 is 5.97 Å². The molecule has 1 atom stereocenters. The molecule has 0 spiro atoms. The van der Waals surface area contributed by atoms with Crippen LogP contribution in [0.1, 0.15) is 46.5 Å². The van der Waals surface area contributed by atoms with Gasteiger partial charge in [0.2, 0.25) is 0 Å². The van der Waals surface area contributed by atoms with Crippen LogP contribution in [0.4, 0.5) is 0 Å². The minimum absolute atomic E-state index is 0.0583. The third-order valence-corrected chi connectivity index (χ3v) is 2.74. The molecule has 0 saturated carbocycles. The van der Waals surface area contributed by atoms with Crippen molar-refractivity contribution in [2.45, 2.75) is 52.0 Å². The molecule has 0 radical (unpaired) electrons. The standard InChI is InChI=1S/C11H21NO2/c1-10(2,3)8-11(9(13)14)6-4-5-7-12-11/h12H,4-8H2,1-3H3,(H,13,14). The van der Waals surface area contributed by atoms with Crippen molar-refractivity contribution >= 4 is 5.97 Å². The van der Waals surface area contributed by atoms with Crippen LogP contribution in [0.15, 0.2) is 0 Å². The largest absolute Gasteiger partial charge is 0.480 e. The van der Waals surface area contributed by atoms with E-state index < -0.39 is 11.5 Å². The molecule has 82 valence electrons. The van der Waals surface area contributed by atoms with Gasteiger partial charge in [-0.05, 0) is 37.6 Å². The Balaban J connectivity index is 2.76. The maximum Gasteiger partial charge on any atom is 0.323 e. The summed E-state index contributed by atoms with van der Waals surface area (Å²) < 4.78 is 0. The molecule has 0 aromatic heterocycles. The Morgan fingerprint density at radius 3 is 2.43 bits per heavy atom. The number of hydrogen-bond donors (Lipinski definition) is 2. The van der Waals surface area contributed by atoms with E-state index in [9.17, 15) is 9.90 Å². The van der Waals surface area contributed by atoms with Gasteiger partial charge in [-0.2, -0.15) is 0 Å². The predicted octanol–water partition coefficient (Wildman–Crippen LogP) is 2.02. The van der Waals surface area contributed by atoms with Crippen LogP contribution < -0.4 is 5.32 Å². The molecule has 1 fully saturated rings. The molecule has 1 rings (SSSR count). The van der Waals surface area contributed by atoms with Crippen LogP contribution in [0.25, 0.3) is 0 Å². The quantitative estimate of drug-likeness (QED) is 0.715. The molecule has 0 bridgehead atoms. The molecule has 2 N–H and O–H groups in total. The Kier molecular flexibility index (Phi) is 3.20. The summed E-state index contributed by atoms with van der Waals surface area (Å²) in [6.07, 6.45) is 3.59. The van der Waals surface area contributed by atoms with Crippen molar-refractivity contribution in [3.63, 3.8) is 0 Å². The van der Waals surface area contributed by atoms with Crippen molar-refractivity contribution in [2.24, 2.45) is 5.41 Å². The summed E-state index contributed by atoms with van der Waals surface area (Å²) in [5.41, 5.74) is -0.612. The summed E-state index contributed by atoms with van der Waals surface area (Å²) in [5.74, 6) is -0.688. The van der Waals surface area contributed by atoms with Gasteiger partial charge in [0.15, 0.2) is 0 Å². The van der Waals surface area contributed by atoms with Gasteiger partial charge in [-0.1, -0.05) is 20.8 Å². The molecular weight excluding hydrogens is 178 g/mol. The summed E-state index contributed by atoms with van der Waals surface area (Å²) in [5, 5.41) is 12.5. The van der Waals surface area contributed by atoms with Crippen molar-refractivity contribution in [1.29, 1.82) is 0 Å². The molecule has 0 aromatic rings. The molecule has 14 heavy (non-hydrogen) atoms. The minimum Gasteiger partial charge on any atom is -0.480 e. The third-order valence-electron chi connectivity index (χ3n) is 2.74. The lowest BCUT2D eigenvalue weighted by molar-refractivity contribution is -0.147. The summed E-state index contributed by atoms with van der Waals surface area (Å²) in [7, 11) is 0. The molecule has 1 unspecified atom stereocenters. The molecule has 1 aliphatic rings. The van der Waals surface area contributed by atoms with Crippen LogP contribution in [-0.2, 0) is 4.79 Å². The first-order chi connectivity index (χ1) is 6.36. The van der Waals surface area contributed by atoms with Gasteiger partial charge in [0.25, 0.3) is 0 Å². The summed E-state index contributed by atoms with van der Waals surface area (Å²) in [6.45, 7) is 7.11. The number of rotatable bonds is 2. The summed E-state index contributed by atoms with van der Waals surface area (Å²) >= 11 is 0. The second-order valence-electron chi connectivity index (χ2n) is 5.51. The molecule has 0 amide bonds. The number of carboxylic acid groups (broad SMARTS) is 1. The number of aliphatic carboxylic acids is 1. The molecule has 1 saturated heterocycles. The molecule has 1 aliphatic heterocycles. The van der Waals surface area contributed by atoms with E-state index in [2.05, 4.69) is 26.1 Å². The second-order valence-corrected chi connectivity index (χ2v) is 5.51. The molecule has 3 heteroatoms. The van der Waals surface area contributed by atoms with Gasteiger partial charge in [-0.3, -0.25) is 4.79 Å². The Hall–Kier alpha value is -0.570. The topological polar surface area (TPSA) is 49.3 Å². The Bertz CT molecular complexity index is 212. The van der Waals surface area contributed by atoms with E-state index in [0.717, 1.165) is 25.8 Å². The van der Waals surface area contributed by atoms with E-state index in [4.69, 9.17) is 0 Å². The van der Waals surface area contributed by atoms with Crippen LogP contribution in [-0.4, -0.2) is 23.2 Å². The second kappa shape index (κ2) is 3.89. The van der Waals surface area contributed by atoms with Crippen LogP contribution in [0.5, 0.6) is 0 Å². The summed E-state index contributed by atoms with van der Waals surface area (Å²) in [4.78, 5) is 11.3. The number of carboxylic acids is 1. The van der Waals surface area contributed by atoms with E-state index in [1.54, 1.807) is 0 Å². The van der Waals surface area contributed by atoms with Gasteiger partial charge in [-0.25, -0.2) is 0 Å². The zero-order valence-electron chi connectivity index (χ0n) is 9.39. The number of nitrogens with one attached hydrogen (secondary N) is 1. The van der Waals surface area contributed by atoms with Gasteiger partial charge in [0, 0.05) is 0 Å². The first kappa shape index (κ1) is 11.5. The highest BCUT2D eigenvalue weighted by Crippen LogP contribution is 2.32. The van der Waals surface area contributed by atoms with Crippen LogP contribution in [0.3, 0.4) is 0 Å². The van der Waals surface area contributed by atoms with Crippen molar-refractivity contribution in [2.75, 3.05) is 6.54 Å². The maximum atomic E-state index is 11.3. The van der Waals surface area contributed by atoms with Crippen LogP contribution in [0, 0.1) is 5.41 Å². The monoisotopic (exact) mass is 199 g/mol. The molecule has 1 heterocycles. The van der Waals surface area contributed by atoms with Gasteiger partial charge in [0.1, 0.15) is 5.54 Å². The highest BCUT2D eigenvalue weighted by Gasteiger charge is 2.42. The Labute approximate surface area is 85.9 Å². The minimum atomic E-state index is -0.688. The molecule has 0 aromatic carbocycles. The molecule has 3 nitrogen and oxygen atoms in total. The van der Waals surface area contributed by atoms with Crippen molar-refractivity contribution in [3.05, 3.63) is 0 Å².